The van der Waals surface area contributed by atoms with Crippen LogP contribution in [0.3, 0.4) is 0 Å². The molecule has 0 saturated heterocycles. The van der Waals surface area contributed by atoms with Crippen LogP contribution >= 0.6 is 22.9 Å². The summed E-state index contributed by atoms with van der Waals surface area (Å²) in [5, 5.41) is 3.44. The number of esters is 1. The molecule has 0 N–H and O–H groups in total. The smallest absolute Gasteiger partial charge is 0.306 e. The molecule has 0 aliphatic carbocycles. The first-order valence-corrected chi connectivity index (χ1v) is 9.63. The summed E-state index contributed by atoms with van der Waals surface area (Å²) in [6, 6.07) is 15.0. The Hall–Kier alpha value is -2.70. The van der Waals surface area contributed by atoms with Crippen molar-refractivity contribution in [3.8, 4) is 10.6 Å². The van der Waals surface area contributed by atoms with Crippen molar-refractivity contribution in [3.63, 3.8) is 0 Å². The van der Waals surface area contributed by atoms with Crippen LogP contribution in [0, 0.1) is 0 Å². The Balaban J connectivity index is 1.29. The van der Waals surface area contributed by atoms with Gasteiger partial charge in [-0.3, -0.25) is 4.79 Å². The Morgan fingerprint density at radius 2 is 1.93 bits per heavy atom. The van der Waals surface area contributed by atoms with Gasteiger partial charge in [-0.1, -0.05) is 35.9 Å². The first kappa shape index (κ1) is 17.7. The Labute approximate surface area is 164 Å². The molecule has 0 bridgehead atoms. The highest BCUT2D eigenvalue weighted by Gasteiger charge is 2.11. The van der Waals surface area contributed by atoms with Crippen molar-refractivity contribution >= 4 is 40.0 Å². The summed E-state index contributed by atoms with van der Waals surface area (Å²) < 4.78 is 10.9. The molecule has 27 heavy (non-hydrogen) atoms. The van der Waals surface area contributed by atoms with E-state index in [0.29, 0.717) is 17.3 Å². The molecule has 0 saturated carbocycles. The Bertz CT molecular complexity index is 1040. The van der Waals surface area contributed by atoms with E-state index in [2.05, 4.69) is 9.97 Å². The van der Waals surface area contributed by atoms with E-state index in [9.17, 15) is 4.79 Å². The second kappa shape index (κ2) is 7.90. The lowest BCUT2D eigenvalue weighted by molar-refractivity contribution is -0.145. The third-order valence-electron chi connectivity index (χ3n) is 3.91. The summed E-state index contributed by atoms with van der Waals surface area (Å²) in [6.07, 6.45) is 0.613. The zero-order valence-electron chi connectivity index (χ0n) is 14.2. The van der Waals surface area contributed by atoms with Crippen LogP contribution in [-0.2, 0) is 22.6 Å². The topological polar surface area (TPSA) is 65.2 Å². The zero-order chi connectivity index (χ0) is 18.6. The molecule has 5 nitrogen and oxygen atoms in total. The minimum absolute atomic E-state index is 0.149. The van der Waals surface area contributed by atoms with Gasteiger partial charge in [-0.05, 0) is 24.3 Å². The molecular weight excluding hydrogens is 384 g/mol. The Morgan fingerprint density at radius 3 is 2.74 bits per heavy atom. The van der Waals surface area contributed by atoms with Gasteiger partial charge in [-0.25, -0.2) is 9.97 Å². The number of oxazole rings is 1. The lowest BCUT2D eigenvalue weighted by atomic mass is 10.2. The van der Waals surface area contributed by atoms with Crippen molar-refractivity contribution in [3.05, 3.63) is 70.5 Å². The molecule has 0 atom stereocenters. The van der Waals surface area contributed by atoms with Crippen LogP contribution in [-0.4, -0.2) is 15.9 Å². The van der Waals surface area contributed by atoms with E-state index in [1.54, 1.807) is 0 Å². The van der Waals surface area contributed by atoms with Crippen LogP contribution < -0.4 is 0 Å². The van der Waals surface area contributed by atoms with Crippen LogP contribution in [0.15, 0.2) is 58.3 Å². The standard InChI is InChI=1S/C20H15ClN2O3S/c21-14-7-5-13(6-8-14)20-22-15(12-27-20)11-25-19(24)10-9-18-23-16-3-1-2-4-17(16)26-18/h1-8,12H,9-11H2. The summed E-state index contributed by atoms with van der Waals surface area (Å²) in [6.45, 7) is 0.149. The molecule has 2 aromatic heterocycles. The van der Waals surface area contributed by atoms with Crippen LogP contribution in [0.4, 0.5) is 0 Å². The molecule has 4 rings (SSSR count). The fourth-order valence-electron chi connectivity index (χ4n) is 2.56. The number of para-hydroxylation sites is 2. The molecule has 136 valence electrons. The largest absolute Gasteiger partial charge is 0.459 e. The van der Waals surface area contributed by atoms with Gasteiger partial charge in [-0.2, -0.15) is 0 Å². The maximum atomic E-state index is 12.0. The van der Waals surface area contributed by atoms with E-state index in [1.807, 2.05) is 53.9 Å². The summed E-state index contributed by atoms with van der Waals surface area (Å²) >= 11 is 7.40. The van der Waals surface area contributed by atoms with Crippen molar-refractivity contribution in [2.24, 2.45) is 0 Å². The number of carbonyl (C=O) groups is 1. The van der Waals surface area contributed by atoms with Crippen molar-refractivity contribution in [1.82, 2.24) is 9.97 Å². The van der Waals surface area contributed by atoms with Crippen molar-refractivity contribution in [2.75, 3.05) is 0 Å². The van der Waals surface area contributed by atoms with E-state index in [-0.39, 0.29) is 19.0 Å². The van der Waals surface area contributed by atoms with E-state index in [1.165, 1.54) is 11.3 Å². The van der Waals surface area contributed by atoms with Crippen molar-refractivity contribution in [1.29, 1.82) is 0 Å². The molecular formula is C20H15ClN2O3S. The lowest BCUT2D eigenvalue weighted by Gasteiger charge is -2.01. The van der Waals surface area contributed by atoms with Gasteiger partial charge in [0.05, 0.1) is 12.1 Å². The van der Waals surface area contributed by atoms with Gasteiger partial charge < -0.3 is 9.15 Å². The molecule has 0 spiro atoms. The molecule has 0 unspecified atom stereocenters. The number of aromatic nitrogens is 2. The number of fused-ring (bicyclic) bond motifs is 1. The number of hydrogen-bond donors (Lipinski definition) is 0. The minimum Gasteiger partial charge on any atom is -0.459 e. The van der Waals surface area contributed by atoms with Gasteiger partial charge in [0.1, 0.15) is 17.1 Å². The average molecular weight is 399 g/mol. The van der Waals surface area contributed by atoms with Gasteiger partial charge in [0.15, 0.2) is 11.5 Å². The van der Waals surface area contributed by atoms with Crippen LogP contribution in [0.25, 0.3) is 21.7 Å². The molecule has 0 radical (unpaired) electrons. The van der Waals surface area contributed by atoms with Gasteiger partial charge in [0.25, 0.3) is 0 Å². The van der Waals surface area contributed by atoms with Crippen molar-refractivity contribution in [2.45, 2.75) is 19.4 Å². The number of nitrogens with zero attached hydrogens (tertiary/aromatic N) is 2. The highest BCUT2D eigenvalue weighted by molar-refractivity contribution is 7.13. The third-order valence-corrected chi connectivity index (χ3v) is 5.10. The van der Waals surface area contributed by atoms with Crippen LogP contribution in [0.1, 0.15) is 18.0 Å². The fraction of sp³-hybridized carbons (Fsp3) is 0.150. The number of hydrogen-bond acceptors (Lipinski definition) is 6. The second-order valence-corrected chi connectivity index (χ2v) is 7.18. The zero-order valence-corrected chi connectivity index (χ0v) is 15.8. The van der Waals surface area contributed by atoms with Crippen LogP contribution in [0.5, 0.6) is 0 Å². The first-order valence-electron chi connectivity index (χ1n) is 8.38. The third kappa shape index (κ3) is 4.35. The number of benzene rings is 2. The maximum absolute atomic E-state index is 12.0. The van der Waals surface area contributed by atoms with E-state index in [0.717, 1.165) is 27.4 Å². The number of rotatable bonds is 6. The molecule has 0 aliphatic heterocycles. The van der Waals surface area contributed by atoms with Gasteiger partial charge in [0.2, 0.25) is 0 Å². The van der Waals surface area contributed by atoms with E-state index in [4.69, 9.17) is 20.8 Å². The van der Waals surface area contributed by atoms with E-state index >= 15 is 0 Å². The molecule has 0 fully saturated rings. The first-order chi connectivity index (χ1) is 13.2. The molecule has 0 amide bonds. The second-order valence-electron chi connectivity index (χ2n) is 5.89. The number of aryl methyl sites for hydroxylation is 1. The predicted octanol–water partition coefficient (Wildman–Crippen LogP) is 5.28. The highest BCUT2D eigenvalue weighted by atomic mass is 35.5. The van der Waals surface area contributed by atoms with Crippen LogP contribution in [0.2, 0.25) is 5.02 Å². The Kier molecular flexibility index (Phi) is 5.18. The lowest BCUT2D eigenvalue weighted by Crippen LogP contribution is -2.06. The van der Waals surface area contributed by atoms with Crippen molar-refractivity contribution < 1.29 is 13.9 Å². The number of halogens is 1. The molecule has 4 aromatic rings. The molecule has 2 aromatic carbocycles. The quantitative estimate of drug-likeness (QED) is 0.413. The fourth-order valence-corrected chi connectivity index (χ4v) is 3.50. The number of carbonyl (C=O) groups excluding carboxylic acids is 1. The number of ether oxygens (including phenoxy) is 1. The van der Waals surface area contributed by atoms with Gasteiger partial charge in [0, 0.05) is 22.4 Å². The molecule has 2 heterocycles. The SMILES string of the molecule is O=C(CCc1nc2ccccc2o1)OCc1csc(-c2ccc(Cl)cc2)n1. The minimum atomic E-state index is -0.307. The van der Waals surface area contributed by atoms with Gasteiger partial charge in [-0.15, -0.1) is 11.3 Å². The van der Waals surface area contributed by atoms with E-state index < -0.39 is 0 Å². The maximum Gasteiger partial charge on any atom is 0.306 e. The van der Waals surface area contributed by atoms with Gasteiger partial charge >= 0.3 is 5.97 Å². The monoisotopic (exact) mass is 398 g/mol. The molecule has 7 heteroatoms. The predicted molar refractivity (Wildman–Crippen MR) is 105 cm³/mol. The summed E-state index contributed by atoms with van der Waals surface area (Å²) in [5.74, 6) is 0.227. The average Bonchev–Trinajstić information content (AvgIpc) is 3.32. The Morgan fingerprint density at radius 1 is 1.11 bits per heavy atom. The summed E-state index contributed by atoms with van der Waals surface area (Å²) in [5.41, 5.74) is 3.22. The number of thiazole rings is 1. The normalized spacial score (nSPS) is 11.0. The highest BCUT2D eigenvalue weighted by Crippen LogP contribution is 2.25. The summed E-state index contributed by atoms with van der Waals surface area (Å²) in [7, 11) is 0. The summed E-state index contributed by atoms with van der Waals surface area (Å²) in [4.78, 5) is 20.8. The molecule has 0 aliphatic rings.